The number of benzene rings is 1. The van der Waals surface area contributed by atoms with Gasteiger partial charge in [0, 0.05) is 0 Å². The first-order valence-electron chi connectivity index (χ1n) is 5.68. The van der Waals surface area contributed by atoms with Gasteiger partial charge in [0.25, 0.3) is 0 Å². The third kappa shape index (κ3) is 4.62. The lowest BCUT2D eigenvalue weighted by Gasteiger charge is -2.13. The Hall–Kier alpha value is -1.09. The van der Waals surface area contributed by atoms with Crippen molar-refractivity contribution in [1.29, 1.82) is 0 Å². The molecule has 0 aliphatic carbocycles. The molecule has 92 valence electrons. The fourth-order valence-corrected chi connectivity index (χ4v) is 1.26. The van der Waals surface area contributed by atoms with Gasteiger partial charge in [0.1, 0.15) is 18.2 Å². The van der Waals surface area contributed by atoms with Crippen molar-refractivity contribution >= 4 is 0 Å². The fraction of sp³-hybridized carbons (Fsp3) is 0.538. The Labute approximate surface area is 97.1 Å². The lowest BCUT2D eigenvalue weighted by Crippen LogP contribution is -2.04. The first-order valence-corrected chi connectivity index (χ1v) is 5.68. The fourth-order valence-electron chi connectivity index (χ4n) is 1.26. The van der Waals surface area contributed by atoms with E-state index in [1.807, 2.05) is 27.7 Å². The van der Waals surface area contributed by atoms with Crippen LogP contribution in [0.4, 0.5) is 4.39 Å². The monoisotopic (exact) mass is 228 g/mol. The molecule has 1 aromatic rings. The zero-order valence-corrected chi connectivity index (χ0v) is 10.5. The Kier molecular flexibility index (Phi) is 7.56. The lowest BCUT2D eigenvalue weighted by molar-refractivity contribution is 0.200. The van der Waals surface area contributed by atoms with Crippen molar-refractivity contribution in [2.24, 2.45) is 0 Å². The summed E-state index contributed by atoms with van der Waals surface area (Å²) < 4.78 is 18.2. The minimum absolute atomic E-state index is 0.0328. The third-order valence-electron chi connectivity index (χ3n) is 1.94. The number of halogens is 1. The van der Waals surface area contributed by atoms with Crippen LogP contribution in [0.1, 0.15) is 39.2 Å². The van der Waals surface area contributed by atoms with Crippen LogP contribution in [0.2, 0.25) is 0 Å². The van der Waals surface area contributed by atoms with E-state index in [0.717, 1.165) is 5.56 Å². The molecule has 0 bridgehead atoms. The van der Waals surface area contributed by atoms with Gasteiger partial charge >= 0.3 is 0 Å². The van der Waals surface area contributed by atoms with Gasteiger partial charge in [0.15, 0.2) is 0 Å². The van der Waals surface area contributed by atoms with Crippen molar-refractivity contribution in [3.8, 4) is 5.75 Å². The van der Waals surface area contributed by atoms with Crippen molar-refractivity contribution < 1.29 is 14.2 Å². The number of rotatable bonds is 4. The molecule has 3 heteroatoms. The molecule has 0 amide bonds. The average molecular weight is 228 g/mol. The van der Waals surface area contributed by atoms with Crippen molar-refractivity contribution in [3.63, 3.8) is 0 Å². The first kappa shape index (κ1) is 14.9. The van der Waals surface area contributed by atoms with E-state index in [9.17, 15) is 4.39 Å². The smallest absolute Gasteiger partial charge is 0.123 e. The highest BCUT2D eigenvalue weighted by atomic mass is 19.1. The van der Waals surface area contributed by atoms with Gasteiger partial charge in [0.05, 0.1) is 6.61 Å². The lowest BCUT2D eigenvalue weighted by atomic mass is 10.0. The summed E-state index contributed by atoms with van der Waals surface area (Å²) in [6.07, 6.45) is 0. The summed E-state index contributed by atoms with van der Waals surface area (Å²) >= 11 is 0. The molecule has 0 atom stereocenters. The molecule has 0 fully saturated rings. The van der Waals surface area contributed by atoms with Gasteiger partial charge in [0.2, 0.25) is 0 Å². The molecule has 2 nitrogen and oxygen atoms in total. The van der Waals surface area contributed by atoms with Gasteiger partial charge in [-0.05, 0) is 29.7 Å². The Balaban J connectivity index is 0.00000106. The van der Waals surface area contributed by atoms with Crippen LogP contribution in [-0.2, 0) is 0 Å². The normalized spacial score (nSPS) is 9.69. The van der Waals surface area contributed by atoms with E-state index < -0.39 is 0 Å². The SMILES string of the molecule is CC.CC(C)c1cc(F)ccc1OCCO. The van der Waals surface area contributed by atoms with Gasteiger partial charge in [-0.3, -0.25) is 0 Å². The molecule has 0 aliphatic rings. The van der Waals surface area contributed by atoms with E-state index in [-0.39, 0.29) is 24.9 Å². The molecule has 1 rings (SSSR count). The number of aliphatic hydroxyl groups excluding tert-OH is 1. The zero-order chi connectivity index (χ0) is 12.6. The summed E-state index contributed by atoms with van der Waals surface area (Å²) in [6.45, 7) is 8.15. The van der Waals surface area contributed by atoms with E-state index in [4.69, 9.17) is 9.84 Å². The minimum atomic E-state index is -0.259. The van der Waals surface area contributed by atoms with Crippen LogP contribution in [0, 0.1) is 5.82 Å². The number of hydrogen-bond acceptors (Lipinski definition) is 2. The summed E-state index contributed by atoms with van der Waals surface area (Å²) in [5, 5.41) is 8.61. The van der Waals surface area contributed by atoms with Crippen LogP contribution < -0.4 is 4.74 Å². The Morgan fingerprint density at radius 2 is 1.94 bits per heavy atom. The van der Waals surface area contributed by atoms with E-state index >= 15 is 0 Å². The predicted octanol–water partition coefficient (Wildman–Crippen LogP) is 3.35. The first-order chi connectivity index (χ1) is 7.65. The largest absolute Gasteiger partial charge is 0.491 e. The molecule has 0 spiro atoms. The second kappa shape index (κ2) is 8.11. The Bertz CT molecular complexity index is 298. The van der Waals surface area contributed by atoms with Crippen LogP contribution in [0.3, 0.4) is 0 Å². The zero-order valence-electron chi connectivity index (χ0n) is 10.5. The van der Waals surface area contributed by atoms with E-state index in [0.29, 0.717) is 5.75 Å². The number of aliphatic hydroxyl groups is 1. The maximum Gasteiger partial charge on any atom is 0.123 e. The third-order valence-corrected chi connectivity index (χ3v) is 1.94. The van der Waals surface area contributed by atoms with Gasteiger partial charge in [-0.25, -0.2) is 4.39 Å². The number of ether oxygens (including phenoxy) is 1. The summed E-state index contributed by atoms with van der Waals surface area (Å²) in [5.74, 6) is 0.597. The molecule has 0 unspecified atom stereocenters. The number of hydrogen-bond donors (Lipinski definition) is 1. The molecule has 1 aromatic carbocycles. The summed E-state index contributed by atoms with van der Waals surface area (Å²) in [4.78, 5) is 0. The molecule has 16 heavy (non-hydrogen) atoms. The molecule has 0 radical (unpaired) electrons. The van der Waals surface area contributed by atoms with Crippen LogP contribution >= 0.6 is 0 Å². The van der Waals surface area contributed by atoms with Crippen molar-refractivity contribution in [2.75, 3.05) is 13.2 Å². The molecule has 0 aliphatic heterocycles. The highest BCUT2D eigenvalue weighted by Gasteiger charge is 2.08. The topological polar surface area (TPSA) is 29.5 Å². The molecule has 0 aromatic heterocycles. The molecule has 0 saturated carbocycles. The highest BCUT2D eigenvalue weighted by molar-refractivity contribution is 5.36. The van der Waals surface area contributed by atoms with Crippen LogP contribution in [-0.4, -0.2) is 18.3 Å². The van der Waals surface area contributed by atoms with Gasteiger partial charge in [-0.2, -0.15) is 0 Å². The Morgan fingerprint density at radius 1 is 1.31 bits per heavy atom. The van der Waals surface area contributed by atoms with Gasteiger partial charge in [-0.15, -0.1) is 0 Å². The Morgan fingerprint density at radius 3 is 2.44 bits per heavy atom. The van der Waals surface area contributed by atoms with Crippen LogP contribution in [0.15, 0.2) is 18.2 Å². The maximum absolute atomic E-state index is 12.9. The second-order valence-electron chi connectivity index (χ2n) is 3.41. The average Bonchev–Trinajstić information content (AvgIpc) is 2.30. The van der Waals surface area contributed by atoms with E-state index in [1.54, 1.807) is 6.07 Å². The minimum Gasteiger partial charge on any atom is -0.491 e. The summed E-state index contributed by atoms with van der Waals surface area (Å²) in [6, 6.07) is 4.43. The van der Waals surface area contributed by atoms with Crippen molar-refractivity contribution in [1.82, 2.24) is 0 Å². The molecule has 1 N–H and O–H groups in total. The van der Waals surface area contributed by atoms with Crippen molar-refractivity contribution in [3.05, 3.63) is 29.6 Å². The molecular weight excluding hydrogens is 207 g/mol. The van der Waals surface area contributed by atoms with E-state index in [1.165, 1.54) is 12.1 Å². The second-order valence-corrected chi connectivity index (χ2v) is 3.41. The van der Waals surface area contributed by atoms with Crippen LogP contribution in [0.25, 0.3) is 0 Å². The summed E-state index contributed by atoms with van der Waals surface area (Å²) in [7, 11) is 0. The standard InChI is InChI=1S/C11H15FO2.C2H6/c1-8(2)10-7-9(12)3-4-11(10)14-6-5-13;1-2/h3-4,7-8,13H,5-6H2,1-2H3;1-2H3. The maximum atomic E-state index is 12.9. The van der Waals surface area contributed by atoms with E-state index in [2.05, 4.69) is 0 Å². The predicted molar refractivity (Wildman–Crippen MR) is 64.4 cm³/mol. The van der Waals surface area contributed by atoms with Crippen molar-refractivity contribution in [2.45, 2.75) is 33.6 Å². The van der Waals surface area contributed by atoms with Gasteiger partial charge < -0.3 is 9.84 Å². The van der Waals surface area contributed by atoms with Gasteiger partial charge in [-0.1, -0.05) is 27.7 Å². The van der Waals surface area contributed by atoms with Crippen LogP contribution in [0.5, 0.6) is 5.75 Å². The summed E-state index contributed by atoms with van der Waals surface area (Å²) in [5.41, 5.74) is 0.832. The highest BCUT2D eigenvalue weighted by Crippen LogP contribution is 2.26. The molecular formula is C13H21FO2. The molecule has 0 saturated heterocycles. The molecule has 0 heterocycles. The quantitative estimate of drug-likeness (QED) is 0.856.